The Balaban J connectivity index is 2.01. The van der Waals surface area contributed by atoms with E-state index in [1.54, 1.807) is 6.20 Å². The highest BCUT2D eigenvalue weighted by Gasteiger charge is 2.07. The summed E-state index contributed by atoms with van der Waals surface area (Å²) in [7, 11) is 0. The largest absolute Gasteiger partial charge is 0.329 e. The molecule has 0 unspecified atom stereocenters. The van der Waals surface area contributed by atoms with E-state index in [4.69, 9.17) is 23.8 Å². The summed E-state index contributed by atoms with van der Waals surface area (Å²) >= 11 is 11.3. The number of benzene rings is 1. The zero-order valence-electron chi connectivity index (χ0n) is 11.1. The highest BCUT2D eigenvalue weighted by molar-refractivity contribution is 7.71. The van der Waals surface area contributed by atoms with Crippen LogP contribution in [0.1, 0.15) is 18.1 Å². The second kappa shape index (κ2) is 5.38. The zero-order valence-corrected chi connectivity index (χ0v) is 12.6. The average Bonchev–Trinajstić information content (AvgIpc) is 2.75. The van der Waals surface area contributed by atoms with Gasteiger partial charge in [-0.1, -0.05) is 42.8 Å². The lowest BCUT2D eigenvalue weighted by atomic mass is 10.1. The number of halogens is 1. The molecule has 2 aromatic heterocycles. The van der Waals surface area contributed by atoms with Crippen molar-refractivity contribution >= 4 is 35.0 Å². The van der Waals surface area contributed by atoms with Gasteiger partial charge in [0.15, 0.2) is 10.4 Å². The van der Waals surface area contributed by atoms with Crippen LogP contribution in [0, 0.1) is 4.77 Å². The minimum absolute atomic E-state index is 0.605. The van der Waals surface area contributed by atoms with Gasteiger partial charge in [-0.15, -0.1) is 0 Å². The topological polar surface area (TPSA) is 33.6 Å². The molecule has 0 bridgehead atoms. The smallest absolute Gasteiger partial charge is 0.179 e. The van der Waals surface area contributed by atoms with Crippen LogP contribution in [0.3, 0.4) is 0 Å². The van der Waals surface area contributed by atoms with Gasteiger partial charge in [0.25, 0.3) is 0 Å². The molecular weight excluding hydrogens is 290 g/mol. The van der Waals surface area contributed by atoms with Crippen molar-refractivity contribution in [3.63, 3.8) is 0 Å². The SMILES string of the molecule is CCc1ccc(Cn2c(=S)[nH]c3cc(Cl)cnc32)cc1. The summed E-state index contributed by atoms with van der Waals surface area (Å²) in [6, 6.07) is 10.4. The first-order valence-electron chi connectivity index (χ1n) is 6.49. The van der Waals surface area contributed by atoms with Crippen LogP contribution < -0.4 is 0 Å². The molecule has 3 nitrogen and oxygen atoms in total. The standard InChI is InChI=1S/C15H14ClN3S/c1-2-10-3-5-11(6-4-10)9-19-14-13(18-15(19)20)7-12(16)8-17-14/h3-8H,2,9H2,1H3,(H,18,20). The maximum Gasteiger partial charge on any atom is 0.179 e. The first-order valence-corrected chi connectivity index (χ1v) is 7.28. The van der Waals surface area contributed by atoms with E-state index in [1.165, 1.54) is 11.1 Å². The lowest BCUT2D eigenvalue weighted by Gasteiger charge is -2.05. The van der Waals surface area contributed by atoms with Crippen molar-refractivity contribution in [2.45, 2.75) is 19.9 Å². The summed E-state index contributed by atoms with van der Waals surface area (Å²) in [5.74, 6) is 0. The van der Waals surface area contributed by atoms with Crippen LogP contribution in [0.25, 0.3) is 11.2 Å². The van der Waals surface area contributed by atoms with E-state index >= 15 is 0 Å². The van der Waals surface area contributed by atoms with Crippen molar-refractivity contribution in [1.82, 2.24) is 14.5 Å². The normalized spacial score (nSPS) is 11.1. The molecule has 5 heteroatoms. The summed E-state index contributed by atoms with van der Waals surface area (Å²) < 4.78 is 2.65. The van der Waals surface area contributed by atoms with Gasteiger partial charge in [-0.25, -0.2) is 4.98 Å². The molecule has 0 aliphatic heterocycles. The third-order valence-electron chi connectivity index (χ3n) is 3.35. The highest BCUT2D eigenvalue weighted by atomic mass is 35.5. The monoisotopic (exact) mass is 303 g/mol. The molecule has 0 spiro atoms. The maximum absolute atomic E-state index is 5.95. The van der Waals surface area contributed by atoms with Gasteiger partial charge in [-0.3, -0.25) is 4.57 Å². The second-order valence-electron chi connectivity index (χ2n) is 4.71. The lowest BCUT2D eigenvalue weighted by Crippen LogP contribution is -2.00. The fourth-order valence-corrected chi connectivity index (χ4v) is 2.65. The molecule has 0 aliphatic rings. The van der Waals surface area contributed by atoms with Crippen LogP contribution in [-0.4, -0.2) is 14.5 Å². The summed E-state index contributed by atoms with van der Waals surface area (Å²) in [5.41, 5.74) is 4.24. The lowest BCUT2D eigenvalue weighted by molar-refractivity contribution is 0.800. The Bertz CT molecular complexity index is 802. The first kappa shape index (κ1) is 13.3. The fraction of sp³-hybridized carbons (Fsp3) is 0.200. The minimum Gasteiger partial charge on any atom is -0.329 e. The number of fused-ring (bicyclic) bond motifs is 1. The molecule has 0 radical (unpaired) electrons. The highest BCUT2D eigenvalue weighted by Crippen LogP contribution is 2.18. The molecule has 1 aromatic carbocycles. The van der Waals surface area contributed by atoms with Crippen molar-refractivity contribution in [3.05, 3.63) is 57.4 Å². The number of imidazole rings is 1. The Morgan fingerprint density at radius 2 is 1.95 bits per heavy atom. The number of hydrogen-bond donors (Lipinski definition) is 1. The fourth-order valence-electron chi connectivity index (χ4n) is 2.23. The zero-order chi connectivity index (χ0) is 14.1. The summed E-state index contributed by atoms with van der Waals surface area (Å²) in [5, 5.41) is 0.605. The van der Waals surface area contributed by atoms with Crippen LogP contribution in [0.4, 0.5) is 0 Å². The van der Waals surface area contributed by atoms with Crippen LogP contribution in [-0.2, 0) is 13.0 Å². The molecule has 2 heterocycles. The molecular formula is C15H14ClN3S. The summed E-state index contributed by atoms with van der Waals surface area (Å²) in [6.45, 7) is 2.86. The molecule has 1 N–H and O–H groups in total. The molecule has 0 saturated carbocycles. The number of rotatable bonds is 3. The molecule has 0 fully saturated rings. The van der Waals surface area contributed by atoms with Crippen molar-refractivity contribution in [1.29, 1.82) is 0 Å². The quantitative estimate of drug-likeness (QED) is 0.729. The van der Waals surface area contributed by atoms with E-state index in [1.807, 2.05) is 10.6 Å². The Hall–Kier alpha value is -1.65. The maximum atomic E-state index is 5.95. The van der Waals surface area contributed by atoms with Gasteiger partial charge >= 0.3 is 0 Å². The number of nitrogens with zero attached hydrogens (tertiary/aromatic N) is 2. The number of aromatic nitrogens is 3. The molecule has 0 saturated heterocycles. The van der Waals surface area contributed by atoms with Crippen molar-refractivity contribution in [3.8, 4) is 0 Å². The predicted octanol–water partition coefficient (Wildman–Crippen LogP) is 4.36. The molecule has 102 valence electrons. The molecule has 0 amide bonds. The van der Waals surface area contributed by atoms with Gasteiger partial charge in [0, 0.05) is 6.20 Å². The van der Waals surface area contributed by atoms with Gasteiger partial charge in [-0.2, -0.15) is 0 Å². The Morgan fingerprint density at radius 1 is 1.25 bits per heavy atom. The number of H-pyrrole nitrogens is 1. The van der Waals surface area contributed by atoms with E-state index in [0.717, 1.165) is 17.6 Å². The van der Waals surface area contributed by atoms with Crippen molar-refractivity contribution in [2.75, 3.05) is 0 Å². The van der Waals surface area contributed by atoms with E-state index in [2.05, 4.69) is 41.2 Å². The van der Waals surface area contributed by atoms with Gasteiger partial charge in [0.05, 0.1) is 17.1 Å². The number of hydrogen-bond acceptors (Lipinski definition) is 2. The van der Waals surface area contributed by atoms with Crippen molar-refractivity contribution in [2.24, 2.45) is 0 Å². The minimum atomic E-state index is 0.605. The molecule has 0 atom stereocenters. The van der Waals surface area contributed by atoms with E-state index in [0.29, 0.717) is 16.3 Å². The number of aromatic amines is 1. The van der Waals surface area contributed by atoms with E-state index in [9.17, 15) is 0 Å². The summed E-state index contributed by atoms with van der Waals surface area (Å²) in [4.78, 5) is 7.51. The Labute approximate surface area is 127 Å². The second-order valence-corrected chi connectivity index (χ2v) is 5.53. The molecule has 20 heavy (non-hydrogen) atoms. The number of nitrogens with one attached hydrogen (secondary N) is 1. The van der Waals surface area contributed by atoms with Crippen LogP contribution in [0.15, 0.2) is 36.5 Å². The first-order chi connectivity index (χ1) is 9.67. The van der Waals surface area contributed by atoms with Gasteiger partial charge < -0.3 is 4.98 Å². The van der Waals surface area contributed by atoms with Crippen LogP contribution in [0.5, 0.6) is 0 Å². The van der Waals surface area contributed by atoms with Gasteiger partial charge in [0.2, 0.25) is 0 Å². The van der Waals surface area contributed by atoms with Gasteiger partial charge in [0.1, 0.15) is 0 Å². The average molecular weight is 304 g/mol. The molecule has 3 aromatic rings. The van der Waals surface area contributed by atoms with Crippen LogP contribution >= 0.6 is 23.8 Å². The van der Waals surface area contributed by atoms with E-state index in [-0.39, 0.29) is 0 Å². The third kappa shape index (κ3) is 2.49. The summed E-state index contributed by atoms with van der Waals surface area (Å²) in [6.07, 6.45) is 2.69. The Morgan fingerprint density at radius 3 is 2.65 bits per heavy atom. The molecule has 3 rings (SSSR count). The molecule has 0 aliphatic carbocycles. The number of pyridine rings is 1. The predicted molar refractivity (Wildman–Crippen MR) is 84.8 cm³/mol. The Kier molecular flexibility index (Phi) is 3.59. The number of aryl methyl sites for hydroxylation is 1. The van der Waals surface area contributed by atoms with Gasteiger partial charge in [-0.05, 0) is 35.8 Å². The third-order valence-corrected chi connectivity index (χ3v) is 3.88. The van der Waals surface area contributed by atoms with E-state index < -0.39 is 0 Å². The van der Waals surface area contributed by atoms with Crippen molar-refractivity contribution < 1.29 is 0 Å². The van der Waals surface area contributed by atoms with Crippen LogP contribution in [0.2, 0.25) is 5.02 Å².